The van der Waals surface area contributed by atoms with Crippen molar-refractivity contribution >= 4 is 28.2 Å². The summed E-state index contributed by atoms with van der Waals surface area (Å²) in [6.45, 7) is 0. The number of ketones is 2. The van der Waals surface area contributed by atoms with Gasteiger partial charge in [0.25, 0.3) is 0 Å². The van der Waals surface area contributed by atoms with Crippen molar-refractivity contribution in [1.82, 2.24) is 4.98 Å². The molecule has 1 heterocycles. The molecule has 2 aromatic carbocycles. The fraction of sp³-hybridized carbons (Fsp3) is 0.0455. The molecule has 5 rings (SSSR count). The van der Waals surface area contributed by atoms with E-state index in [0.717, 1.165) is 10.9 Å². The Balaban J connectivity index is 2.00. The number of fused-ring (bicyclic) bond motifs is 5. The Labute approximate surface area is 154 Å². The second-order valence-electron chi connectivity index (χ2n) is 6.55. The normalized spacial score (nSPS) is 12.9. The average molecular weight is 354 g/mol. The summed E-state index contributed by atoms with van der Waals surface area (Å²) >= 11 is 0. The molecule has 0 aromatic heterocycles. The van der Waals surface area contributed by atoms with Crippen LogP contribution in [0.3, 0.4) is 0 Å². The molecule has 0 saturated carbocycles. The van der Waals surface area contributed by atoms with Crippen molar-refractivity contribution in [2.24, 2.45) is 0 Å². The van der Waals surface area contributed by atoms with Gasteiger partial charge in [-0.15, -0.1) is 0 Å². The first-order valence-corrected chi connectivity index (χ1v) is 8.59. The smallest absolute Gasteiger partial charge is 0.211 e. The number of nitrogens with one attached hydrogen (secondary N) is 2. The highest BCUT2D eigenvalue weighted by molar-refractivity contribution is 6.32. The number of hydrogen-bond acceptors (Lipinski definition) is 4. The zero-order valence-corrected chi connectivity index (χ0v) is 14.4. The minimum Gasteiger partial charge on any atom is -0.384 e. The van der Waals surface area contributed by atoms with Gasteiger partial charge in [-0.2, -0.15) is 0 Å². The highest BCUT2D eigenvalue weighted by Gasteiger charge is 2.37. The molecule has 0 saturated heterocycles. The van der Waals surface area contributed by atoms with Crippen molar-refractivity contribution in [2.75, 3.05) is 12.4 Å². The van der Waals surface area contributed by atoms with Gasteiger partial charge in [-0.05, 0) is 17.5 Å². The molecule has 1 aliphatic heterocycles. The van der Waals surface area contributed by atoms with E-state index in [9.17, 15) is 14.4 Å². The Morgan fingerprint density at radius 2 is 1.41 bits per heavy atom. The quantitative estimate of drug-likeness (QED) is 0.452. The van der Waals surface area contributed by atoms with Crippen molar-refractivity contribution in [3.05, 3.63) is 87.1 Å². The molecule has 2 N–H and O–H groups in total. The zero-order chi connectivity index (χ0) is 18.7. The summed E-state index contributed by atoms with van der Waals surface area (Å²) in [5, 5.41) is 3.71. The summed E-state index contributed by atoms with van der Waals surface area (Å²) in [4.78, 5) is 42.7. The van der Waals surface area contributed by atoms with Crippen LogP contribution in [0.4, 0.5) is 5.69 Å². The van der Waals surface area contributed by atoms with Gasteiger partial charge < -0.3 is 10.3 Å². The van der Waals surface area contributed by atoms with Crippen LogP contribution in [0.2, 0.25) is 0 Å². The van der Waals surface area contributed by atoms with Crippen LogP contribution in [0.15, 0.2) is 59.4 Å². The predicted molar refractivity (Wildman–Crippen MR) is 104 cm³/mol. The largest absolute Gasteiger partial charge is 0.384 e. The monoisotopic (exact) mass is 354 g/mol. The molecule has 0 spiro atoms. The molecule has 2 aliphatic carbocycles. The molecular formula is C22H14N2O3. The first-order chi connectivity index (χ1) is 13.1. The molecular weight excluding hydrogens is 340 g/mol. The van der Waals surface area contributed by atoms with Crippen molar-refractivity contribution in [3.63, 3.8) is 0 Å². The average Bonchev–Trinajstić information content (AvgIpc) is 2.71. The first-order valence-electron chi connectivity index (χ1n) is 8.59. The number of H-pyrrole nitrogens is 1. The Morgan fingerprint density at radius 1 is 0.778 bits per heavy atom. The van der Waals surface area contributed by atoms with Crippen LogP contribution in [-0.4, -0.2) is 23.6 Å². The minimum absolute atomic E-state index is 0.144. The Hall–Kier alpha value is -3.73. The predicted octanol–water partition coefficient (Wildman–Crippen LogP) is 3.45. The standard InChI is InChI=1S/C22H14N2O3/c1-23-19-17-16(20(25)12-7-3-4-8-13(12)21(17)26)18-14(22(19)27)10-11-6-2-5-9-15(11)24-18/h2-10,23-24H,1H3. The maximum absolute atomic E-state index is 13.3. The molecule has 5 nitrogen and oxygen atoms in total. The molecule has 2 aromatic rings. The minimum atomic E-state index is -0.315. The number of hydrogen-bond donors (Lipinski definition) is 2. The van der Waals surface area contributed by atoms with Crippen molar-refractivity contribution in [1.29, 1.82) is 0 Å². The SMILES string of the molecule is CNc1c2c(c3[nH]c4ccccc4cc-3c1=O)C(=O)c1ccccc1C2=O. The van der Waals surface area contributed by atoms with Crippen LogP contribution in [0.5, 0.6) is 0 Å². The lowest BCUT2D eigenvalue weighted by atomic mass is 9.80. The molecule has 0 amide bonds. The first kappa shape index (κ1) is 15.5. The van der Waals surface area contributed by atoms with Gasteiger partial charge >= 0.3 is 0 Å². The summed E-state index contributed by atoms with van der Waals surface area (Å²) in [7, 11) is 1.59. The molecule has 0 bridgehead atoms. The Kier molecular flexibility index (Phi) is 3.09. The van der Waals surface area contributed by atoms with E-state index < -0.39 is 0 Å². The number of carbonyl (C=O) groups is 2. The molecule has 3 aliphatic rings. The van der Waals surface area contributed by atoms with Crippen LogP contribution < -0.4 is 10.7 Å². The summed E-state index contributed by atoms with van der Waals surface area (Å²) in [6, 6.07) is 16.0. The number of benzene rings is 3. The third kappa shape index (κ3) is 1.96. The van der Waals surface area contributed by atoms with Crippen LogP contribution in [0.25, 0.3) is 22.2 Å². The van der Waals surface area contributed by atoms with Gasteiger partial charge in [0.2, 0.25) is 5.43 Å². The Morgan fingerprint density at radius 3 is 2.11 bits per heavy atom. The van der Waals surface area contributed by atoms with E-state index in [4.69, 9.17) is 0 Å². The summed E-state index contributed by atoms with van der Waals surface area (Å²) in [6.07, 6.45) is 0. The lowest BCUT2D eigenvalue weighted by molar-refractivity contribution is 0.0980. The van der Waals surface area contributed by atoms with Gasteiger partial charge in [-0.1, -0.05) is 42.5 Å². The maximum Gasteiger partial charge on any atom is 0.211 e. The number of para-hydroxylation sites is 1. The number of carbonyl (C=O) groups excluding carboxylic acids is 2. The molecule has 27 heavy (non-hydrogen) atoms. The fourth-order valence-corrected chi connectivity index (χ4v) is 3.88. The van der Waals surface area contributed by atoms with Gasteiger partial charge in [0, 0.05) is 29.3 Å². The van der Waals surface area contributed by atoms with Crippen LogP contribution in [0.1, 0.15) is 31.8 Å². The van der Waals surface area contributed by atoms with E-state index in [-0.39, 0.29) is 33.8 Å². The molecule has 0 radical (unpaired) electrons. The van der Waals surface area contributed by atoms with E-state index in [0.29, 0.717) is 22.4 Å². The molecule has 0 unspecified atom stereocenters. The highest BCUT2D eigenvalue weighted by Crippen LogP contribution is 2.37. The van der Waals surface area contributed by atoms with Gasteiger partial charge in [-0.25, -0.2) is 0 Å². The topological polar surface area (TPSA) is 79.0 Å². The number of aromatic amines is 1. The second kappa shape index (κ2) is 5.38. The summed E-state index contributed by atoms with van der Waals surface area (Å²) in [5.74, 6) is -0.571. The highest BCUT2D eigenvalue weighted by atomic mass is 16.1. The maximum atomic E-state index is 13.3. The van der Waals surface area contributed by atoms with E-state index >= 15 is 0 Å². The lowest BCUT2D eigenvalue weighted by Gasteiger charge is -2.23. The zero-order valence-electron chi connectivity index (χ0n) is 14.4. The second-order valence-corrected chi connectivity index (χ2v) is 6.55. The molecule has 0 atom stereocenters. The van der Waals surface area contributed by atoms with E-state index in [1.54, 1.807) is 37.4 Å². The summed E-state index contributed by atoms with van der Waals surface area (Å²) < 4.78 is 0. The van der Waals surface area contributed by atoms with Gasteiger partial charge in [0.1, 0.15) is 0 Å². The van der Waals surface area contributed by atoms with Crippen LogP contribution in [0, 0.1) is 0 Å². The van der Waals surface area contributed by atoms with Crippen LogP contribution >= 0.6 is 0 Å². The van der Waals surface area contributed by atoms with Gasteiger partial charge in [-0.3, -0.25) is 14.4 Å². The fourth-order valence-electron chi connectivity index (χ4n) is 3.88. The van der Waals surface area contributed by atoms with Crippen molar-refractivity contribution in [2.45, 2.75) is 0 Å². The van der Waals surface area contributed by atoms with Gasteiger partial charge in [0.15, 0.2) is 11.6 Å². The van der Waals surface area contributed by atoms with Crippen LogP contribution in [-0.2, 0) is 0 Å². The number of pyridine rings is 1. The molecule has 130 valence electrons. The lowest BCUT2D eigenvalue weighted by Crippen LogP contribution is -2.28. The van der Waals surface area contributed by atoms with Crippen molar-refractivity contribution < 1.29 is 9.59 Å². The van der Waals surface area contributed by atoms with E-state index in [1.165, 1.54) is 0 Å². The van der Waals surface area contributed by atoms with Gasteiger partial charge in [0.05, 0.1) is 22.5 Å². The third-order valence-corrected chi connectivity index (χ3v) is 5.13. The number of rotatable bonds is 1. The Bertz CT molecular complexity index is 1320. The van der Waals surface area contributed by atoms with Crippen molar-refractivity contribution in [3.8, 4) is 11.3 Å². The van der Waals surface area contributed by atoms with E-state index in [2.05, 4.69) is 10.3 Å². The third-order valence-electron chi connectivity index (χ3n) is 5.13. The molecule has 5 heteroatoms. The molecule has 0 fully saturated rings. The number of aromatic nitrogens is 1. The summed E-state index contributed by atoms with van der Waals surface area (Å²) in [5.41, 5.74) is 2.53. The van der Waals surface area contributed by atoms with E-state index in [1.807, 2.05) is 24.3 Å². The number of anilines is 1.